The van der Waals surface area contributed by atoms with Gasteiger partial charge in [0.2, 0.25) is 0 Å². The lowest BCUT2D eigenvalue weighted by atomic mass is 9.82. The molecule has 1 saturated heterocycles. The van der Waals surface area contributed by atoms with Crippen LogP contribution in [0.3, 0.4) is 0 Å². The summed E-state index contributed by atoms with van der Waals surface area (Å²) >= 11 is 0. The molecule has 2 amide bonds. The number of hydrogen-bond donors (Lipinski definition) is 2. The Balaban J connectivity index is 2.55. The Morgan fingerprint density at radius 3 is 2.45 bits per heavy atom. The van der Waals surface area contributed by atoms with E-state index in [2.05, 4.69) is 12.2 Å². The number of aliphatic carboxylic acids is 1. The van der Waals surface area contributed by atoms with Crippen LogP contribution in [0.1, 0.15) is 52.9 Å². The minimum absolute atomic E-state index is 0.115. The number of carboxylic acid groups (broad SMARTS) is 1. The highest BCUT2D eigenvalue weighted by molar-refractivity contribution is 5.78. The molecule has 0 aromatic rings. The Bertz CT molecular complexity index is 340. The molecular weight excluding hydrogens is 256 g/mol. The van der Waals surface area contributed by atoms with Crippen molar-refractivity contribution >= 4 is 12.0 Å². The number of nitrogens with one attached hydrogen (secondary N) is 1. The lowest BCUT2D eigenvalue weighted by Crippen LogP contribution is -2.49. The zero-order valence-corrected chi connectivity index (χ0v) is 12.9. The standard InChI is InChI=1S/C15H28N2O3/c1-4-12-8-7-9-17(10-12)14(20)16-11-15(5-2,6-3)13(18)19/h12H,4-11H2,1-3H3,(H,16,20)(H,18,19). The summed E-state index contributed by atoms with van der Waals surface area (Å²) < 4.78 is 0. The quantitative estimate of drug-likeness (QED) is 0.788. The van der Waals surface area contributed by atoms with Crippen molar-refractivity contribution in [3.05, 3.63) is 0 Å². The van der Waals surface area contributed by atoms with Crippen molar-refractivity contribution in [3.63, 3.8) is 0 Å². The molecule has 0 radical (unpaired) electrons. The number of piperidine rings is 1. The molecule has 0 bridgehead atoms. The Morgan fingerprint density at radius 2 is 1.95 bits per heavy atom. The minimum atomic E-state index is -0.838. The molecule has 5 nitrogen and oxygen atoms in total. The predicted octanol–water partition coefficient (Wildman–Crippen LogP) is 2.71. The Morgan fingerprint density at radius 1 is 1.30 bits per heavy atom. The van der Waals surface area contributed by atoms with Gasteiger partial charge in [-0.05, 0) is 31.6 Å². The molecule has 1 atom stereocenters. The topological polar surface area (TPSA) is 69.6 Å². The van der Waals surface area contributed by atoms with Crippen LogP contribution in [-0.4, -0.2) is 41.6 Å². The summed E-state index contributed by atoms with van der Waals surface area (Å²) in [5, 5.41) is 12.2. The fraction of sp³-hybridized carbons (Fsp3) is 0.867. The number of nitrogens with zero attached hydrogens (tertiary/aromatic N) is 1. The van der Waals surface area contributed by atoms with Crippen LogP contribution in [-0.2, 0) is 4.79 Å². The molecule has 0 aliphatic carbocycles. The van der Waals surface area contributed by atoms with Crippen molar-refractivity contribution in [2.75, 3.05) is 19.6 Å². The van der Waals surface area contributed by atoms with Crippen LogP contribution in [0.25, 0.3) is 0 Å². The Labute approximate surface area is 121 Å². The predicted molar refractivity (Wildman–Crippen MR) is 78.6 cm³/mol. The van der Waals surface area contributed by atoms with E-state index in [0.29, 0.717) is 18.8 Å². The first kappa shape index (κ1) is 16.8. The molecule has 0 saturated carbocycles. The third-order valence-corrected chi connectivity index (χ3v) is 4.77. The fourth-order valence-electron chi connectivity index (χ4n) is 2.82. The van der Waals surface area contributed by atoms with E-state index in [1.165, 1.54) is 6.42 Å². The van der Waals surface area contributed by atoms with Gasteiger partial charge in [0.25, 0.3) is 0 Å². The largest absolute Gasteiger partial charge is 0.481 e. The van der Waals surface area contributed by atoms with Crippen molar-refractivity contribution in [1.82, 2.24) is 10.2 Å². The highest BCUT2D eigenvalue weighted by Crippen LogP contribution is 2.26. The fourth-order valence-corrected chi connectivity index (χ4v) is 2.82. The second kappa shape index (κ2) is 7.50. The van der Waals surface area contributed by atoms with E-state index in [1.807, 2.05) is 18.7 Å². The number of rotatable bonds is 6. The van der Waals surface area contributed by atoms with Crippen molar-refractivity contribution < 1.29 is 14.7 Å². The van der Waals surface area contributed by atoms with Crippen molar-refractivity contribution in [2.45, 2.75) is 52.9 Å². The highest BCUT2D eigenvalue weighted by Gasteiger charge is 2.35. The van der Waals surface area contributed by atoms with E-state index >= 15 is 0 Å². The summed E-state index contributed by atoms with van der Waals surface area (Å²) in [6.07, 6.45) is 4.36. The van der Waals surface area contributed by atoms with Crippen molar-refractivity contribution in [1.29, 1.82) is 0 Å². The average Bonchev–Trinajstić information content (AvgIpc) is 2.48. The Kier molecular flexibility index (Phi) is 6.30. The van der Waals surface area contributed by atoms with Crippen molar-refractivity contribution in [2.24, 2.45) is 11.3 Å². The summed E-state index contributed by atoms with van der Waals surface area (Å²) in [4.78, 5) is 25.4. The van der Waals surface area contributed by atoms with Gasteiger partial charge in [0.1, 0.15) is 0 Å². The second-order valence-electron chi connectivity index (χ2n) is 5.81. The maximum atomic E-state index is 12.2. The van der Waals surface area contributed by atoms with Gasteiger partial charge in [0, 0.05) is 19.6 Å². The van der Waals surface area contributed by atoms with Crippen LogP contribution >= 0.6 is 0 Å². The van der Waals surface area contributed by atoms with E-state index in [0.717, 1.165) is 25.9 Å². The van der Waals surface area contributed by atoms with Crippen LogP contribution in [0.15, 0.2) is 0 Å². The van der Waals surface area contributed by atoms with Crippen LogP contribution < -0.4 is 5.32 Å². The van der Waals surface area contributed by atoms with Crippen LogP contribution in [0.4, 0.5) is 4.79 Å². The molecule has 0 aromatic carbocycles. The van der Waals surface area contributed by atoms with E-state index in [4.69, 9.17) is 0 Å². The van der Waals surface area contributed by atoms with Crippen LogP contribution in [0.5, 0.6) is 0 Å². The van der Waals surface area contributed by atoms with Gasteiger partial charge in [-0.25, -0.2) is 4.79 Å². The molecule has 1 fully saturated rings. The van der Waals surface area contributed by atoms with E-state index in [1.54, 1.807) is 0 Å². The lowest BCUT2D eigenvalue weighted by molar-refractivity contribution is -0.149. The smallest absolute Gasteiger partial charge is 0.317 e. The van der Waals surface area contributed by atoms with E-state index < -0.39 is 11.4 Å². The normalized spacial score (nSPS) is 19.8. The van der Waals surface area contributed by atoms with Gasteiger partial charge in [0.05, 0.1) is 5.41 Å². The summed E-state index contributed by atoms with van der Waals surface area (Å²) in [5.74, 6) is -0.246. The van der Waals surface area contributed by atoms with Crippen LogP contribution in [0.2, 0.25) is 0 Å². The first-order valence-corrected chi connectivity index (χ1v) is 7.75. The number of hydrogen-bond acceptors (Lipinski definition) is 2. The zero-order chi connectivity index (χ0) is 15.2. The van der Waals surface area contributed by atoms with Gasteiger partial charge in [-0.3, -0.25) is 4.79 Å². The van der Waals surface area contributed by atoms with Gasteiger partial charge in [-0.2, -0.15) is 0 Å². The molecule has 5 heteroatoms. The van der Waals surface area contributed by atoms with Crippen molar-refractivity contribution in [3.8, 4) is 0 Å². The van der Waals surface area contributed by atoms with Gasteiger partial charge in [-0.1, -0.05) is 27.2 Å². The maximum Gasteiger partial charge on any atom is 0.317 e. The Hall–Kier alpha value is -1.26. The molecule has 1 rings (SSSR count). The third-order valence-electron chi connectivity index (χ3n) is 4.77. The molecule has 1 aliphatic rings. The number of likely N-dealkylation sites (tertiary alicyclic amines) is 1. The van der Waals surface area contributed by atoms with Gasteiger partial charge in [0.15, 0.2) is 0 Å². The third kappa shape index (κ3) is 3.87. The van der Waals surface area contributed by atoms with E-state index in [9.17, 15) is 14.7 Å². The van der Waals surface area contributed by atoms with Crippen LogP contribution in [0, 0.1) is 11.3 Å². The summed E-state index contributed by atoms with van der Waals surface area (Å²) in [6.45, 7) is 7.65. The molecule has 20 heavy (non-hydrogen) atoms. The summed E-state index contributed by atoms with van der Waals surface area (Å²) in [7, 11) is 0. The highest BCUT2D eigenvalue weighted by atomic mass is 16.4. The average molecular weight is 284 g/mol. The second-order valence-corrected chi connectivity index (χ2v) is 5.81. The zero-order valence-electron chi connectivity index (χ0n) is 12.9. The summed E-state index contributed by atoms with van der Waals surface area (Å²) in [5.41, 5.74) is -0.838. The molecule has 0 spiro atoms. The number of urea groups is 1. The SMILES string of the molecule is CCC1CCCN(C(=O)NCC(CC)(CC)C(=O)O)C1. The minimum Gasteiger partial charge on any atom is -0.481 e. The number of amides is 2. The summed E-state index contributed by atoms with van der Waals surface area (Å²) in [6, 6.07) is -0.115. The first-order valence-electron chi connectivity index (χ1n) is 7.75. The number of carbonyl (C=O) groups excluding carboxylic acids is 1. The molecule has 116 valence electrons. The molecule has 1 heterocycles. The molecule has 0 aromatic heterocycles. The van der Waals surface area contributed by atoms with E-state index in [-0.39, 0.29) is 12.6 Å². The lowest BCUT2D eigenvalue weighted by Gasteiger charge is -2.34. The van der Waals surface area contributed by atoms with Gasteiger partial charge in [-0.15, -0.1) is 0 Å². The molecule has 1 aliphatic heterocycles. The number of carboxylic acids is 1. The number of carbonyl (C=O) groups is 2. The maximum absolute atomic E-state index is 12.2. The van der Waals surface area contributed by atoms with Gasteiger partial charge < -0.3 is 15.3 Å². The molecule has 2 N–H and O–H groups in total. The molecular formula is C15H28N2O3. The molecule has 1 unspecified atom stereocenters. The van der Waals surface area contributed by atoms with Gasteiger partial charge >= 0.3 is 12.0 Å². The monoisotopic (exact) mass is 284 g/mol. The first-order chi connectivity index (χ1) is 9.49.